The third-order valence-electron chi connectivity index (χ3n) is 4.86. The van der Waals surface area contributed by atoms with Gasteiger partial charge < -0.3 is 10.2 Å². The Hall–Kier alpha value is -3.06. The summed E-state index contributed by atoms with van der Waals surface area (Å²) >= 11 is 5.86. The number of halogens is 1. The lowest BCUT2D eigenvalue weighted by atomic mass is 9.97. The fourth-order valence-corrected chi connectivity index (χ4v) is 3.53. The third-order valence-corrected chi connectivity index (χ3v) is 5.08. The highest BCUT2D eigenvalue weighted by Gasteiger charge is 2.27. The van der Waals surface area contributed by atoms with E-state index in [4.69, 9.17) is 16.6 Å². The highest BCUT2D eigenvalue weighted by molar-refractivity contribution is 6.30. The second-order valence-corrected chi connectivity index (χ2v) is 7.51. The minimum absolute atomic E-state index is 0.0391. The van der Waals surface area contributed by atoms with Gasteiger partial charge in [0.15, 0.2) is 5.82 Å². The number of carbonyl (C=O) groups is 1. The van der Waals surface area contributed by atoms with Crippen LogP contribution >= 0.6 is 11.6 Å². The van der Waals surface area contributed by atoms with Gasteiger partial charge >= 0.3 is 0 Å². The first-order valence-electron chi connectivity index (χ1n) is 9.52. The predicted octanol–water partition coefficient (Wildman–Crippen LogP) is 3.75. The average Bonchev–Trinajstić information content (AvgIpc) is 2.75. The lowest BCUT2D eigenvalue weighted by Gasteiger charge is -2.33. The first-order valence-corrected chi connectivity index (χ1v) is 9.90. The van der Waals surface area contributed by atoms with Gasteiger partial charge in [0.1, 0.15) is 11.6 Å². The summed E-state index contributed by atoms with van der Waals surface area (Å²) < 4.78 is 0. The Morgan fingerprint density at radius 3 is 2.90 bits per heavy atom. The van der Waals surface area contributed by atoms with Crippen molar-refractivity contribution in [2.75, 3.05) is 23.3 Å². The van der Waals surface area contributed by atoms with Crippen molar-refractivity contribution < 1.29 is 4.79 Å². The number of pyridine rings is 2. The number of hydrogen-bond acceptors (Lipinski definition) is 6. The number of carbonyl (C=O) groups excluding carboxylic acids is 1. The van der Waals surface area contributed by atoms with Crippen molar-refractivity contribution in [3.05, 3.63) is 59.6 Å². The molecule has 1 fully saturated rings. The number of aryl methyl sites for hydroxylation is 1. The minimum atomic E-state index is -0.140. The van der Waals surface area contributed by atoms with Crippen LogP contribution in [0.15, 0.2) is 48.9 Å². The highest BCUT2D eigenvalue weighted by Crippen LogP contribution is 2.25. The number of piperidine rings is 1. The van der Waals surface area contributed by atoms with Crippen molar-refractivity contribution in [2.45, 2.75) is 19.8 Å². The van der Waals surface area contributed by atoms with Crippen molar-refractivity contribution in [2.24, 2.45) is 5.92 Å². The van der Waals surface area contributed by atoms with E-state index in [1.807, 2.05) is 25.1 Å². The lowest BCUT2D eigenvalue weighted by molar-refractivity contribution is -0.120. The fourth-order valence-electron chi connectivity index (χ4n) is 3.42. The maximum Gasteiger partial charge on any atom is 0.230 e. The molecule has 0 aromatic carbocycles. The van der Waals surface area contributed by atoms with Gasteiger partial charge in [0.25, 0.3) is 0 Å². The topological polar surface area (TPSA) is 83.9 Å². The van der Waals surface area contributed by atoms with Gasteiger partial charge in [-0.05, 0) is 44.0 Å². The van der Waals surface area contributed by atoms with Crippen molar-refractivity contribution in [1.82, 2.24) is 19.9 Å². The fraction of sp³-hybridized carbons (Fsp3) is 0.286. The predicted molar refractivity (Wildman–Crippen MR) is 113 cm³/mol. The molecule has 1 saturated heterocycles. The van der Waals surface area contributed by atoms with Crippen LogP contribution in [0.4, 0.5) is 11.6 Å². The summed E-state index contributed by atoms with van der Waals surface area (Å²) in [6.45, 7) is 3.40. The Morgan fingerprint density at radius 1 is 1.24 bits per heavy atom. The second-order valence-electron chi connectivity index (χ2n) is 7.07. The zero-order valence-corrected chi connectivity index (χ0v) is 16.8. The summed E-state index contributed by atoms with van der Waals surface area (Å²) in [7, 11) is 0. The summed E-state index contributed by atoms with van der Waals surface area (Å²) in [6.07, 6.45) is 6.74. The molecule has 1 aliphatic rings. The molecular formula is C21H21ClN6O. The molecule has 1 aliphatic heterocycles. The standard InChI is InChI=1S/C21H21ClN6O/c1-14-10-19(27-20(25-14)15-4-2-8-23-11-15)28-9-3-5-16(13-28)21(29)26-18-7-6-17(22)12-24-18/h2,4,6-8,10-12,16H,3,5,9,13H2,1H3,(H,24,26,29). The van der Waals surface area contributed by atoms with Gasteiger partial charge in [-0.15, -0.1) is 0 Å². The van der Waals surface area contributed by atoms with Crippen molar-refractivity contribution in [3.63, 3.8) is 0 Å². The van der Waals surface area contributed by atoms with Gasteiger partial charge in [-0.2, -0.15) is 0 Å². The van der Waals surface area contributed by atoms with E-state index in [1.165, 1.54) is 6.20 Å². The van der Waals surface area contributed by atoms with Gasteiger partial charge in [0.2, 0.25) is 5.91 Å². The number of amides is 1. The van der Waals surface area contributed by atoms with Crippen LogP contribution in [-0.4, -0.2) is 38.9 Å². The molecule has 1 amide bonds. The highest BCUT2D eigenvalue weighted by atomic mass is 35.5. The molecule has 7 nitrogen and oxygen atoms in total. The average molecular weight is 409 g/mol. The summed E-state index contributed by atoms with van der Waals surface area (Å²) in [5, 5.41) is 3.42. The third kappa shape index (κ3) is 4.68. The zero-order chi connectivity index (χ0) is 20.2. The Kier molecular flexibility index (Phi) is 5.67. The molecule has 3 aromatic rings. The van der Waals surface area contributed by atoms with Gasteiger partial charge in [-0.1, -0.05) is 11.6 Å². The Balaban J connectivity index is 1.50. The van der Waals surface area contributed by atoms with Gasteiger partial charge in [-0.3, -0.25) is 9.78 Å². The second kappa shape index (κ2) is 8.53. The number of nitrogens with one attached hydrogen (secondary N) is 1. The Morgan fingerprint density at radius 2 is 2.14 bits per heavy atom. The number of aromatic nitrogens is 4. The van der Waals surface area contributed by atoms with E-state index in [9.17, 15) is 4.79 Å². The molecule has 1 atom stereocenters. The molecule has 0 radical (unpaired) electrons. The van der Waals surface area contributed by atoms with Crippen LogP contribution in [0.1, 0.15) is 18.5 Å². The summed E-state index contributed by atoms with van der Waals surface area (Å²) in [5.41, 5.74) is 1.75. The largest absolute Gasteiger partial charge is 0.356 e. The summed E-state index contributed by atoms with van der Waals surface area (Å²) in [6, 6.07) is 9.18. The molecule has 4 rings (SSSR count). The molecule has 0 spiro atoms. The van der Waals surface area contributed by atoms with Crippen molar-refractivity contribution in [1.29, 1.82) is 0 Å². The summed E-state index contributed by atoms with van der Waals surface area (Å²) in [5.74, 6) is 1.80. The smallest absolute Gasteiger partial charge is 0.230 e. The monoisotopic (exact) mass is 408 g/mol. The Bertz CT molecular complexity index is 996. The lowest BCUT2D eigenvalue weighted by Crippen LogP contribution is -2.41. The first kappa shape index (κ1) is 19.3. The molecule has 148 valence electrons. The summed E-state index contributed by atoms with van der Waals surface area (Å²) in [4.78, 5) is 32.4. The minimum Gasteiger partial charge on any atom is -0.356 e. The molecule has 8 heteroatoms. The normalized spacial score (nSPS) is 16.5. The van der Waals surface area contributed by atoms with Crippen molar-refractivity contribution in [3.8, 4) is 11.4 Å². The Labute approximate surface area is 174 Å². The molecule has 1 N–H and O–H groups in total. The molecule has 4 heterocycles. The van der Waals surface area contributed by atoms with Crippen LogP contribution < -0.4 is 10.2 Å². The van der Waals surface area contributed by atoms with E-state index in [0.29, 0.717) is 23.2 Å². The number of nitrogens with zero attached hydrogens (tertiary/aromatic N) is 5. The van der Waals surface area contributed by atoms with E-state index < -0.39 is 0 Å². The number of hydrogen-bond donors (Lipinski definition) is 1. The maximum atomic E-state index is 12.7. The number of rotatable bonds is 4. The van der Waals surface area contributed by atoms with E-state index in [-0.39, 0.29) is 11.8 Å². The van der Waals surface area contributed by atoms with Gasteiger partial charge in [0.05, 0.1) is 10.9 Å². The van der Waals surface area contributed by atoms with E-state index in [2.05, 4.69) is 25.2 Å². The van der Waals surface area contributed by atoms with Crippen LogP contribution in [0.2, 0.25) is 5.02 Å². The van der Waals surface area contributed by atoms with E-state index in [1.54, 1.807) is 24.5 Å². The molecule has 1 unspecified atom stereocenters. The maximum absolute atomic E-state index is 12.7. The quantitative estimate of drug-likeness (QED) is 0.707. The van der Waals surface area contributed by atoms with E-state index in [0.717, 1.165) is 36.5 Å². The van der Waals surface area contributed by atoms with Crippen molar-refractivity contribution >= 4 is 29.1 Å². The van der Waals surface area contributed by atoms with Gasteiger partial charge in [-0.25, -0.2) is 15.0 Å². The number of anilines is 2. The first-order chi connectivity index (χ1) is 14.1. The van der Waals surface area contributed by atoms with Gasteiger partial charge in [0, 0.05) is 49.0 Å². The van der Waals surface area contributed by atoms with Crippen LogP contribution in [0, 0.1) is 12.8 Å². The van der Waals surface area contributed by atoms with Crippen LogP contribution in [0.5, 0.6) is 0 Å². The van der Waals surface area contributed by atoms with Crippen LogP contribution in [0.3, 0.4) is 0 Å². The SMILES string of the molecule is Cc1cc(N2CCCC(C(=O)Nc3ccc(Cl)cn3)C2)nc(-c2cccnc2)n1. The van der Waals surface area contributed by atoms with Crippen LogP contribution in [0.25, 0.3) is 11.4 Å². The molecule has 0 bridgehead atoms. The van der Waals surface area contributed by atoms with Crippen LogP contribution in [-0.2, 0) is 4.79 Å². The van der Waals surface area contributed by atoms with E-state index >= 15 is 0 Å². The molecule has 29 heavy (non-hydrogen) atoms. The zero-order valence-electron chi connectivity index (χ0n) is 16.0. The molecule has 3 aromatic heterocycles. The molecule has 0 saturated carbocycles. The molecule has 0 aliphatic carbocycles. The molecular weight excluding hydrogens is 388 g/mol.